The van der Waals surface area contributed by atoms with Crippen molar-refractivity contribution < 1.29 is 23.5 Å². The van der Waals surface area contributed by atoms with Crippen LogP contribution >= 0.6 is 15.9 Å². The number of carbonyl (C=O) groups excluding carboxylic acids is 2. The van der Waals surface area contributed by atoms with Crippen molar-refractivity contribution in [2.45, 2.75) is 6.42 Å². The summed E-state index contributed by atoms with van der Waals surface area (Å²) >= 11 is 3.06. The molecule has 0 saturated heterocycles. The molecule has 0 radical (unpaired) electrons. The van der Waals surface area contributed by atoms with Crippen molar-refractivity contribution in [3.63, 3.8) is 0 Å². The van der Waals surface area contributed by atoms with E-state index in [-0.39, 0.29) is 10.9 Å². The Morgan fingerprint density at radius 3 is 2.56 bits per heavy atom. The lowest BCUT2D eigenvalue weighted by molar-refractivity contribution is -0.121. The van der Waals surface area contributed by atoms with E-state index >= 15 is 0 Å². The molecule has 130 valence electrons. The van der Waals surface area contributed by atoms with Crippen LogP contribution in [0.4, 0.5) is 4.39 Å². The van der Waals surface area contributed by atoms with Gasteiger partial charge in [0.2, 0.25) is 5.91 Å². The Morgan fingerprint density at radius 2 is 1.80 bits per heavy atom. The predicted octanol–water partition coefficient (Wildman–Crippen LogP) is 2.36. The normalized spacial score (nSPS) is 12.4. The van der Waals surface area contributed by atoms with Crippen molar-refractivity contribution in [1.82, 2.24) is 10.9 Å². The fourth-order valence-electron chi connectivity index (χ4n) is 2.26. The molecule has 0 spiro atoms. The SMILES string of the molecule is O=C(Cc1ccc(F)c(Br)c1)NNC(=O)c1ccc2c(c1)OCCO2. The lowest BCUT2D eigenvalue weighted by atomic mass is 10.1. The molecule has 0 unspecified atom stereocenters. The Labute approximate surface area is 151 Å². The number of ether oxygens (including phenoxy) is 2. The van der Waals surface area contributed by atoms with Crippen LogP contribution in [0.5, 0.6) is 11.5 Å². The summed E-state index contributed by atoms with van der Waals surface area (Å²) in [4.78, 5) is 24.0. The lowest BCUT2D eigenvalue weighted by Gasteiger charge is -2.18. The van der Waals surface area contributed by atoms with Gasteiger partial charge in [-0.05, 0) is 51.8 Å². The van der Waals surface area contributed by atoms with Crippen LogP contribution in [-0.2, 0) is 11.2 Å². The van der Waals surface area contributed by atoms with Gasteiger partial charge in [0.05, 0.1) is 10.9 Å². The summed E-state index contributed by atoms with van der Waals surface area (Å²) < 4.78 is 24.2. The average Bonchev–Trinajstić information content (AvgIpc) is 2.62. The molecule has 8 heteroatoms. The Morgan fingerprint density at radius 1 is 1.04 bits per heavy atom. The zero-order valence-electron chi connectivity index (χ0n) is 13.0. The van der Waals surface area contributed by atoms with E-state index in [0.29, 0.717) is 35.8 Å². The molecule has 2 amide bonds. The number of nitrogens with one attached hydrogen (secondary N) is 2. The number of benzene rings is 2. The van der Waals surface area contributed by atoms with Crippen LogP contribution in [0.25, 0.3) is 0 Å². The van der Waals surface area contributed by atoms with Crippen molar-refractivity contribution >= 4 is 27.7 Å². The topological polar surface area (TPSA) is 76.7 Å². The average molecular weight is 409 g/mol. The Bertz CT molecular complexity index is 828. The summed E-state index contributed by atoms with van der Waals surface area (Å²) in [6.07, 6.45) is 0.000297. The molecular weight excluding hydrogens is 395 g/mol. The fourth-order valence-corrected chi connectivity index (χ4v) is 2.69. The summed E-state index contributed by atoms with van der Waals surface area (Å²) in [5.41, 5.74) is 5.59. The number of carbonyl (C=O) groups is 2. The smallest absolute Gasteiger partial charge is 0.269 e. The molecule has 2 aromatic carbocycles. The largest absolute Gasteiger partial charge is 0.486 e. The molecule has 1 aliphatic rings. The van der Waals surface area contributed by atoms with E-state index in [1.807, 2.05) is 0 Å². The number of halogens is 2. The number of amides is 2. The highest BCUT2D eigenvalue weighted by molar-refractivity contribution is 9.10. The van der Waals surface area contributed by atoms with Crippen molar-refractivity contribution in [1.29, 1.82) is 0 Å². The standard InChI is InChI=1S/C17H14BrFN2O4/c18-12-7-10(1-3-13(12)19)8-16(22)20-21-17(23)11-2-4-14-15(9-11)25-6-5-24-14/h1-4,7,9H,5-6,8H2,(H,20,22)(H,21,23). The highest BCUT2D eigenvalue weighted by Gasteiger charge is 2.15. The molecule has 2 N–H and O–H groups in total. The molecule has 1 heterocycles. The van der Waals surface area contributed by atoms with Crippen molar-refractivity contribution in [2.24, 2.45) is 0 Å². The maximum Gasteiger partial charge on any atom is 0.269 e. The molecule has 0 aromatic heterocycles. The van der Waals surface area contributed by atoms with Gasteiger partial charge in [-0.15, -0.1) is 0 Å². The molecule has 1 aliphatic heterocycles. The zero-order chi connectivity index (χ0) is 17.8. The number of hydrazine groups is 1. The third-order valence-corrected chi connectivity index (χ3v) is 4.08. The number of hydrogen-bond acceptors (Lipinski definition) is 4. The van der Waals surface area contributed by atoms with E-state index < -0.39 is 17.6 Å². The second-order valence-corrected chi connectivity index (χ2v) is 6.14. The molecule has 25 heavy (non-hydrogen) atoms. The molecule has 3 rings (SSSR count). The molecule has 0 atom stereocenters. The predicted molar refractivity (Wildman–Crippen MR) is 90.8 cm³/mol. The van der Waals surface area contributed by atoms with E-state index in [1.165, 1.54) is 18.2 Å². The summed E-state index contributed by atoms with van der Waals surface area (Å²) in [5, 5.41) is 0. The minimum Gasteiger partial charge on any atom is -0.486 e. The van der Waals surface area contributed by atoms with E-state index in [0.717, 1.165) is 0 Å². The van der Waals surface area contributed by atoms with Gasteiger partial charge in [-0.25, -0.2) is 4.39 Å². The number of hydrogen-bond donors (Lipinski definition) is 2. The van der Waals surface area contributed by atoms with E-state index in [9.17, 15) is 14.0 Å². The van der Waals surface area contributed by atoms with Gasteiger partial charge in [0.1, 0.15) is 19.0 Å². The number of rotatable bonds is 3. The van der Waals surface area contributed by atoms with Crippen LogP contribution in [0.1, 0.15) is 15.9 Å². The molecular formula is C17H14BrFN2O4. The Kier molecular flexibility index (Phi) is 5.18. The second kappa shape index (κ2) is 7.52. The van der Waals surface area contributed by atoms with Crippen molar-refractivity contribution in [3.05, 3.63) is 57.8 Å². The Hall–Kier alpha value is -2.61. The van der Waals surface area contributed by atoms with Crippen LogP contribution in [0.3, 0.4) is 0 Å². The summed E-state index contributed by atoms with van der Waals surface area (Å²) in [7, 11) is 0. The van der Waals surface area contributed by atoms with Gasteiger partial charge >= 0.3 is 0 Å². The van der Waals surface area contributed by atoms with Crippen LogP contribution in [0, 0.1) is 5.82 Å². The third-order valence-electron chi connectivity index (χ3n) is 3.47. The van der Waals surface area contributed by atoms with Gasteiger partial charge in [-0.3, -0.25) is 20.4 Å². The maximum atomic E-state index is 13.2. The van der Waals surface area contributed by atoms with Gasteiger partial charge in [0.25, 0.3) is 5.91 Å². The molecule has 6 nitrogen and oxygen atoms in total. The van der Waals surface area contributed by atoms with E-state index in [4.69, 9.17) is 9.47 Å². The lowest BCUT2D eigenvalue weighted by Crippen LogP contribution is -2.42. The first-order chi connectivity index (χ1) is 12.0. The highest BCUT2D eigenvalue weighted by Crippen LogP contribution is 2.30. The van der Waals surface area contributed by atoms with Gasteiger partial charge in [0.15, 0.2) is 11.5 Å². The maximum absolute atomic E-state index is 13.2. The molecule has 0 fully saturated rings. The van der Waals surface area contributed by atoms with Gasteiger partial charge in [-0.2, -0.15) is 0 Å². The molecule has 0 aliphatic carbocycles. The highest BCUT2D eigenvalue weighted by atomic mass is 79.9. The minimum atomic E-state index is -0.481. The number of fused-ring (bicyclic) bond motifs is 1. The minimum absolute atomic E-state index is 0.000297. The first kappa shape index (κ1) is 17.2. The molecule has 2 aromatic rings. The molecule has 0 bridgehead atoms. The van der Waals surface area contributed by atoms with Gasteiger partial charge in [-0.1, -0.05) is 6.07 Å². The third kappa shape index (κ3) is 4.27. The fraction of sp³-hybridized carbons (Fsp3) is 0.176. The summed E-state index contributed by atoms with van der Waals surface area (Å²) in [5.74, 6) is -0.249. The summed E-state index contributed by atoms with van der Waals surface area (Å²) in [6, 6.07) is 9.04. The van der Waals surface area contributed by atoms with E-state index in [1.54, 1.807) is 18.2 Å². The van der Waals surface area contributed by atoms with Crippen LogP contribution < -0.4 is 20.3 Å². The van der Waals surface area contributed by atoms with Crippen molar-refractivity contribution in [2.75, 3.05) is 13.2 Å². The molecule has 0 saturated carbocycles. The van der Waals surface area contributed by atoms with E-state index in [2.05, 4.69) is 26.8 Å². The monoisotopic (exact) mass is 408 g/mol. The van der Waals surface area contributed by atoms with Crippen LogP contribution in [0.2, 0.25) is 0 Å². The van der Waals surface area contributed by atoms with Gasteiger partial charge in [0, 0.05) is 5.56 Å². The second-order valence-electron chi connectivity index (χ2n) is 5.29. The van der Waals surface area contributed by atoms with Crippen LogP contribution in [-0.4, -0.2) is 25.0 Å². The van der Waals surface area contributed by atoms with Crippen molar-refractivity contribution in [3.8, 4) is 11.5 Å². The quantitative estimate of drug-likeness (QED) is 0.764. The first-order valence-electron chi connectivity index (χ1n) is 7.45. The van der Waals surface area contributed by atoms with Gasteiger partial charge < -0.3 is 9.47 Å². The zero-order valence-corrected chi connectivity index (χ0v) is 14.6. The van der Waals surface area contributed by atoms with Crippen LogP contribution in [0.15, 0.2) is 40.9 Å². The Balaban J connectivity index is 1.56. The first-order valence-corrected chi connectivity index (χ1v) is 8.25. The summed E-state index contributed by atoms with van der Waals surface area (Å²) in [6.45, 7) is 0.885.